The van der Waals surface area contributed by atoms with Crippen molar-refractivity contribution in [3.63, 3.8) is 0 Å². The van der Waals surface area contributed by atoms with Gasteiger partial charge in [0.15, 0.2) is 0 Å². The molecule has 2 aromatic carbocycles. The van der Waals surface area contributed by atoms with E-state index in [0.29, 0.717) is 16.3 Å². The van der Waals surface area contributed by atoms with Gasteiger partial charge < -0.3 is 10.4 Å². The van der Waals surface area contributed by atoms with Crippen molar-refractivity contribution in [2.24, 2.45) is 0 Å². The van der Waals surface area contributed by atoms with Crippen molar-refractivity contribution in [1.82, 2.24) is 0 Å². The summed E-state index contributed by atoms with van der Waals surface area (Å²) in [6.45, 7) is 0. The number of nitriles is 1. The van der Waals surface area contributed by atoms with Crippen LogP contribution in [0.4, 0.5) is 5.69 Å². The standard InChI is InChI=1S/C16H10Cl2N2O2/c17-12-3-6-15(14(18)8-12)20-16(22)11(9-19)7-10-1-4-13(21)5-2-10/h1-8,21H,(H,20,22)/b11-7-. The van der Waals surface area contributed by atoms with E-state index in [2.05, 4.69) is 5.32 Å². The van der Waals surface area contributed by atoms with Gasteiger partial charge in [-0.1, -0.05) is 35.3 Å². The van der Waals surface area contributed by atoms with Gasteiger partial charge in [-0.25, -0.2) is 0 Å². The van der Waals surface area contributed by atoms with E-state index in [1.807, 2.05) is 6.07 Å². The lowest BCUT2D eigenvalue weighted by Crippen LogP contribution is -2.13. The summed E-state index contributed by atoms with van der Waals surface area (Å²) in [4.78, 5) is 12.1. The Labute approximate surface area is 137 Å². The van der Waals surface area contributed by atoms with Crippen molar-refractivity contribution >= 4 is 40.9 Å². The number of nitrogens with zero attached hydrogens (tertiary/aromatic N) is 1. The molecule has 0 radical (unpaired) electrons. The highest BCUT2D eigenvalue weighted by Gasteiger charge is 2.11. The molecule has 0 aromatic heterocycles. The second-order valence-corrected chi connectivity index (χ2v) is 5.18. The summed E-state index contributed by atoms with van der Waals surface area (Å²) >= 11 is 11.8. The third-order valence-corrected chi connectivity index (χ3v) is 3.30. The molecule has 2 N–H and O–H groups in total. The third kappa shape index (κ3) is 4.01. The maximum absolute atomic E-state index is 12.1. The quantitative estimate of drug-likeness (QED) is 0.652. The number of aromatic hydroxyl groups is 1. The predicted octanol–water partition coefficient (Wildman–Crippen LogP) is 4.24. The summed E-state index contributed by atoms with van der Waals surface area (Å²) in [5.41, 5.74) is 0.895. The van der Waals surface area contributed by atoms with Gasteiger partial charge in [0.05, 0.1) is 10.7 Å². The zero-order valence-corrected chi connectivity index (χ0v) is 12.7. The predicted molar refractivity (Wildman–Crippen MR) is 86.8 cm³/mol. The van der Waals surface area contributed by atoms with Crippen molar-refractivity contribution in [2.45, 2.75) is 0 Å². The number of hydrogen-bond acceptors (Lipinski definition) is 3. The number of halogens is 2. The van der Waals surface area contributed by atoms with Crippen LogP contribution in [0.25, 0.3) is 6.08 Å². The fourth-order valence-electron chi connectivity index (χ4n) is 1.67. The lowest BCUT2D eigenvalue weighted by Gasteiger charge is -2.06. The second-order valence-electron chi connectivity index (χ2n) is 4.34. The number of carbonyl (C=O) groups excluding carboxylic acids is 1. The summed E-state index contributed by atoms with van der Waals surface area (Å²) in [5, 5.41) is 21.6. The highest BCUT2D eigenvalue weighted by atomic mass is 35.5. The van der Waals surface area contributed by atoms with Crippen LogP contribution >= 0.6 is 23.2 Å². The fraction of sp³-hybridized carbons (Fsp3) is 0. The first kappa shape index (κ1) is 15.9. The molecule has 0 saturated carbocycles. The Morgan fingerprint density at radius 3 is 2.45 bits per heavy atom. The average Bonchev–Trinajstić information content (AvgIpc) is 2.49. The maximum Gasteiger partial charge on any atom is 0.266 e. The minimum atomic E-state index is -0.584. The van der Waals surface area contributed by atoms with Gasteiger partial charge in [-0.05, 0) is 42.0 Å². The number of phenolic OH excluding ortho intramolecular Hbond substituents is 1. The first-order chi connectivity index (χ1) is 10.5. The monoisotopic (exact) mass is 332 g/mol. The van der Waals surface area contributed by atoms with Crippen LogP contribution in [0.15, 0.2) is 48.0 Å². The molecule has 0 bridgehead atoms. The number of phenols is 1. The summed E-state index contributed by atoms with van der Waals surface area (Å²) < 4.78 is 0. The Bertz CT molecular complexity index is 778. The van der Waals surface area contributed by atoms with Gasteiger partial charge in [-0.2, -0.15) is 5.26 Å². The van der Waals surface area contributed by atoms with Crippen molar-refractivity contribution in [1.29, 1.82) is 5.26 Å². The molecular weight excluding hydrogens is 323 g/mol. The van der Waals surface area contributed by atoms with E-state index in [9.17, 15) is 9.90 Å². The maximum atomic E-state index is 12.1. The van der Waals surface area contributed by atoms with Crippen molar-refractivity contribution in [2.75, 3.05) is 5.32 Å². The molecule has 0 aliphatic heterocycles. The SMILES string of the molecule is N#C/C(=C/c1ccc(O)cc1)C(=O)Nc1ccc(Cl)cc1Cl. The van der Waals surface area contributed by atoms with Gasteiger partial charge in [0.25, 0.3) is 5.91 Å². The lowest BCUT2D eigenvalue weighted by atomic mass is 10.1. The van der Waals surface area contributed by atoms with E-state index in [0.717, 1.165) is 0 Å². The number of carbonyl (C=O) groups is 1. The Balaban J connectivity index is 2.22. The van der Waals surface area contributed by atoms with Crippen LogP contribution < -0.4 is 5.32 Å². The van der Waals surface area contributed by atoms with Crippen molar-refractivity contribution in [3.05, 3.63) is 63.6 Å². The van der Waals surface area contributed by atoms with Crippen LogP contribution in [0.1, 0.15) is 5.56 Å². The Morgan fingerprint density at radius 2 is 1.86 bits per heavy atom. The molecule has 0 atom stereocenters. The highest BCUT2D eigenvalue weighted by molar-refractivity contribution is 6.36. The summed E-state index contributed by atoms with van der Waals surface area (Å²) in [6, 6.07) is 12.6. The molecule has 4 nitrogen and oxygen atoms in total. The minimum absolute atomic E-state index is 0.0864. The van der Waals surface area contributed by atoms with Crippen molar-refractivity contribution < 1.29 is 9.90 Å². The topological polar surface area (TPSA) is 73.1 Å². The molecule has 22 heavy (non-hydrogen) atoms. The van der Waals surface area contributed by atoms with E-state index >= 15 is 0 Å². The second kappa shape index (κ2) is 6.99. The summed E-state index contributed by atoms with van der Waals surface area (Å²) in [5.74, 6) is -0.479. The van der Waals surface area contributed by atoms with Crippen LogP contribution in [0.5, 0.6) is 5.75 Å². The van der Waals surface area contributed by atoms with Crippen LogP contribution in [-0.2, 0) is 4.79 Å². The normalized spacial score (nSPS) is 10.9. The fourth-order valence-corrected chi connectivity index (χ4v) is 2.12. The first-order valence-corrected chi connectivity index (χ1v) is 6.92. The van der Waals surface area contributed by atoms with E-state index in [-0.39, 0.29) is 16.3 Å². The minimum Gasteiger partial charge on any atom is -0.508 e. The van der Waals surface area contributed by atoms with E-state index in [1.54, 1.807) is 24.3 Å². The molecule has 0 unspecified atom stereocenters. The smallest absolute Gasteiger partial charge is 0.266 e. The Morgan fingerprint density at radius 1 is 1.18 bits per heavy atom. The lowest BCUT2D eigenvalue weighted by molar-refractivity contribution is -0.112. The van der Waals surface area contributed by atoms with E-state index in [1.165, 1.54) is 24.3 Å². The number of anilines is 1. The molecule has 110 valence electrons. The largest absolute Gasteiger partial charge is 0.508 e. The molecule has 0 saturated heterocycles. The van der Waals surface area contributed by atoms with Crippen LogP contribution in [-0.4, -0.2) is 11.0 Å². The van der Waals surface area contributed by atoms with Crippen LogP contribution in [0, 0.1) is 11.3 Å². The van der Waals surface area contributed by atoms with Gasteiger partial charge >= 0.3 is 0 Å². The third-order valence-electron chi connectivity index (χ3n) is 2.75. The average molecular weight is 333 g/mol. The number of rotatable bonds is 3. The number of amides is 1. The van der Waals surface area contributed by atoms with Gasteiger partial charge in [0, 0.05) is 5.02 Å². The molecule has 6 heteroatoms. The molecular formula is C16H10Cl2N2O2. The molecule has 0 aliphatic carbocycles. The van der Waals surface area contributed by atoms with Crippen LogP contribution in [0.2, 0.25) is 10.0 Å². The van der Waals surface area contributed by atoms with Gasteiger partial charge in [0.2, 0.25) is 0 Å². The van der Waals surface area contributed by atoms with Crippen LogP contribution in [0.3, 0.4) is 0 Å². The first-order valence-electron chi connectivity index (χ1n) is 6.17. The molecule has 0 fully saturated rings. The number of nitrogens with one attached hydrogen (secondary N) is 1. The van der Waals surface area contributed by atoms with Gasteiger partial charge in [-0.15, -0.1) is 0 Å². The molecule has 0 heterocycles. The zero-order chi connectivity index (χ0) is 16.1. The van der Waals surface area contributed by atoms with Gasteiger partial charge in [0.1, 0.15) is 17.4 Å². The summed E-state index contributed by atoms with van der Waals surface area (Å²) in [6.07, 6.45) is 1.42. The van der Waals surface area contributed by atoms with E-state index < -0.39 is 5.91 Å². The zero-order valence-electron chi connectivity index (χ0n) is 11.2. The van der Waals surface area contributed by atoms with E-state index in [4.69, 9.17) is 28.5 Å². The van der Waals surface area contributed by atoms with Gasteiger partial charge in [-0.3, -0.25) is 4.79 Å². The highest BCUT2D eigenvalue weighted by Crippen LogP contribution is 2.25. The number of benzene rings is 2. The number of hydrogen-bond donors (Lipinski definition) is 2. The van der Waals surface area contributed by atoms with Crippen molar-refractivity contribution in [3.8, 4) is 11.8 Å². The molecule has 0 aliphatic rings. The molecule has 1 amide bonds. The molecule has 0 spiro atoms. The Hall–Kier alpha value is -2.48. The molecule has 2 rings (SSSR count). The molecule has 2 aromatic rings. The Kier molecular flexibility index (Phi) is 5.05. The summed E-state index contributed by atoms with van der Waals surface area (Å²) in [7, 11) is 0.